The van der Waals surface area contributed by atoms with Crippen molar-refractivity contribution in [3.8, 4) is 0 Å². The van der Waals surface area contributed by atoms with Crippen LogP contribution in [0.4, 0.5) is 24.8 Å². The van der Waals surface area contributed by atoms with E-state index in [4.69, 9.17) is 9.85 Å². The third-order valence-corrected chi connectivity index (χ3v) is 6.53. The molecule has 0 amide bonds. The van der Waals surface area contributed by atoms with E-state index in [1.54, 1.807) is 0 Å². The van der Waals surface area contributed by atoms with E-state index in [1.807, 2.05) is 0 Å². The van der Waals surface area contributed by atoms with Crippen molar-refractivity contribution in [2.75, 3.05) is 5.32 Å². The first-order valence-corrected chi connectivity index (χ1v) is 9.97. The van der Waals surface area contributed by atoms with Gasteiger partial charge < -0.3 is 11.1 Å². The second-order valence-electron chi connectivity index (χ2n) is 8.83. The Morgan fingerprint density at radius 2 is 1.94 bits per heavy atom. The lowest BCUT2D eigenvalue weighted by atomic mass is 9.44. The molecule has 0 atom stereocenters. The van der Waals surface area contributed by atoms with Gasteiger partial charge in [-0.2, -0.15) is 13.2 Å². The van der Waals surface area contributed by atoms with Gasteiger partial charge in [0, 0.05) is 28.1 Å². The van der Waals surface area contributed by atoms with Crippen molar-refractivity contribution in [2.24, 2.45) is 12.7 Å². The Morgan fingerprint density at radius 1 is 1.16 bits per heavy atom. The average Bonchev–Trinajstić information content (AvgIpc) is 3.01. The molecule has 4 aromatic rings. The Labute approximate surface area is 183 Å². The van der Waals surface area contributed by atoms with Crippen molar-refractivity contribution >= 4 is 33.6 Å². The highest BCUT2D eigenvalue weighted by molar-refractivity contribution is 5.85. The summed E-state index contributed by atoms with van der Waals surface area (Å²) in [6, 6.07) is 8.38. The molecule has 0 radical (unpaired) electrons. The molecule has 3 aromatic heterocycles. The van der Waals surface area contributed by atoms with E-state index in [-0.39, 0.29) is 28.2 Å². The standard InChI is InChI=1S/C22H19F3N6O/c1-30-15-8-27-17(7-14(15)31(19(30)32)21-9-20(26,10-21)11-21)28-16-6-5-12-3-2-4-13(18(12)29-16)22(23,24)25/h2-8H,9-11,26H2,1H3,(H,27,28,29)/i1D3. The van der Waals surface area contributed by atoms with Crippen LogP contribution >= 0.6 is 0 Å². The number of para-hydroxylation sites is 1. The van der Waals surface area contributed by atoms with Crippen LogP contribution < -0.4 is 16.7 Å². The Bertz CT molecular complexity index is 1570. The predicted molar refractivity (Wildman–Crippen MR) is 114 cm³/mol. The lowest BCUT2D eigenvalue weighted by Crippen LogP contribution is -2.77. The summed E-state index contributed by atoms with van der Waals surface area (Å²) in [6.45, 7) is -2.71. The van der Waals surface area contributed by atoms with Crippen LogP contribution in [0.5, 0.6) is 0 Å². The number of anilines is 2. The molecule has 164 valence electrons. The molecule has 3 aliphatic rings. The molecule has 7 nitrogen and oxygen atoms in total. The average molecular weight is 443 g/mol. The number of nitrogens with two attached hydrogens (primary N) is 1. The number of fused-ring (bicyclic) bond motifs is 2. The van der Waals surface area contributed by atoms with Crippen molar-refractivity contribution in [3.63, 3.8) is 0 Å². The number of rotatable bonds is 3. The first-order valence-electron chi connectivity index (χ1n) is 11.5. The van der Waals surface area contributed by atoms with Gasteiger partial charge in [-0.15, -0.1) is 0 Å². The maximum absolute atomic E-state index is 13.5. The summed E-state index contributed by atoms with van der Waals surface area (Å²) in [4.78, 5) is 21.6. The number of nitrogens with zero attached hydrogens (tertiary/aromatic N) is 4. The van der Waals surface area contributed by atoms with Crippen LogP contribution in [-0.4, -0.2) is 24.6 Å². The second-order valence-corrected chi connectivity index (χ2v) is 8.83. The topological polar surface area (TPSA) is 90.8 Å². The van der Waals surface area contributed by atoms with Gasteiger partial charge in [0.2, 0.25) is 0 Å². The van der Waals surface area contributed by atoms with E-state index < -0.39 is 29.9 Å². The molecule has 3 N–H and O–H groups in total. The first kappa shape index (κ1) is 16.3. The van der Waals surface area contributed by atoms with Gasteiger partial charge in [0.1, 0.15) is 11.6 Å². The third kappa shape index (κ3) is 2.56. The Morgan fingerprint density at radius 3 is 2.62 bits per heavy atom. The molecule has 2 bridgehead atoms. The first-order chi connectivity index (χ1) is 16.3. The van der Waals surface area contributed by atoms with Crippen molar-refractivity contribution in [1.82, 2.24) is 19.1 Å². The molecule has 32 heavy (non-hydrogen) atoms. The summed E-state index contributed by atoms with van der Waals surface area (Å²) in [6.07, 6.45) is -1.60. The molecule has 3 heterocycles. The molecule has 7 rings (SSSR count). The number of alkyl halides is 3. The summed E-state index contributed by atoms with van der Waals surface area (Å²) in [5, 5.41) is 3.22. The summed E-state index contributed by atoms with van der Waals surface area (Å²) >= 11 is 0. The number of hydrogen-bond donors (Lipinski definition) is 2. The Hall–Kier alpha value is -3.40. The fraction of sp³-hybridized carbons (Fsp3) is 0.318. The van der Waals surface area contributed by atoms with Crippen LogP contribution in [0.25, 0.3) is 21.9 Å². The predicted octanol–water partition coefficient (Wildman–Crippen LogP) is 3.64. The Balaban J connectivity index is 1.46. The van der Waals surface area contributed by atoms with Gasteiger partial charge >= 0.3 is 11.9 Å². The minimum atomic E-state index is -4.57. The lowest BCUT2D eigenvalue weighted by molar-refractivity contribution is -0.136. The normalized spacial score (nSPS) is 26.2. The second kappa shape index (κ2) is 5.89. The maximum Gasteiger partial charge on any atom is 0.418 e. The van der Waals surface area contributed by atoms with Gasteiger partial charge in [-0.05, 0) is 37.5 Å². The molecular formula is C22H19F3N6O. The number of halogens is 3. The fourth-order valence-corrected chi connectivity index (χ4v) is 5.25. The van der Waals surface area contributed by atoms with E-state index in [0.717, 1.165) is 10.6 Å². The minimum absolute atomic E-state index is 0.122. The quantitative estimate of drug-likeness (QED) is 0.505. The van der Waals surface area contributed by atoms with Gasteiger partial charge in [0.25, 0.3) is 0 Å². The number of nitrogens with one attached hydrogen (secondary N) is 1. The van der Waals surface area contributed by atoms with Gasteiger partial charge in [0.15, 0.2) is 0 Å². The SMILES string of the molecule is [2H]C([2H])([2H])n1c(=O)n(C23CC(N)(C2)C3)c2cc(Nc3ccc4cccc(C(F)(F)F)c4n3)ncc21. The van der Waals surface area contributed by atoms with Gasteiger partial charge in [-0.1, -0.05) is 12.1 Å². The van der Waals surface area contributed by atoms with Crippen LogP contribution in [0.15, 0.2) is 47.4 Å². The van der Waals surface area contributed by atoms with E-state index in [0.29, 0.717) is 30.2 Å². The van der Waals surface area contributed by atoms with E-state index in [2.05, 4.69) is 15.3 Å². The minimum Gasteiger partial charge on any atom is -0.325 e. The van der Waals surface area contributed by atoms with Crippen LogP contribution in [0.1, 0.15) is 28.9 Å². The lowest BCUT2D eigenvalue weighted by Gasteiger charge is -2.68. The smallest absolute Gasteiger partial charge is 0.325 e. The fourth-order valence-electron chi connectivity index (χ4n) is 5.25. The van der Waals surface area contributed by atoms with Crippen molar-refractivity contribution in [1.29, 1.82) is 0 Å². The van der Waals surface area contributed by atoms with E-state index in [9.17, 15) is 18.0 Å². The van der Waals surface area contributed by atoms with Crippen molar-refractivity contribution in [3.05, 3.63) is 58.6 Å². The van der Waals surface area contributed by atoms with Gasteiger partial charge in [0.05, 0.1) is 33.8 Å². The molecular weight excluding hydrogens is 421 g/mol. The highest BCUT2D eigenvalue weighted by Crippen LogP contribution is 2.63. The molecule has 0 unspecified atom stereocenters. The van der Waals surface area contributed by atoms with Crippen LogP contribution in [0.2, 0.25) is 0 Å². The number of hydrogen-bond acceptors (Lipinski definition) is 5. The number of benzene rings is 1. The summed E-state index contributed by atoms with van der Waals surface area (Å²) in [5.74, 6) is 0.330. The molecule has 3 aliphatic carbocycles. The van der Waals surface area contributed by atoms with Gasteiger partial charge in [-0.25, -0.2) is 14.8 Å². The highest BCUT2D eigenvalue weighted by Gasteiger charge is 2.68. The number of pyridine rings is 2. The van der Waals surface area contributed by atoms with Crippen LogP contribution in [-0.2, 0) is 18.7 Å². The van der Waals surface area contributed by atoms with E-state index >= 15 is 0 Å². The molecule has 0 aliphatic heterocycles. The number of aromatic nitrogens is 4. The summed E-state index contributed by atoms with van der Waals surface area (Å²) in [7, 11) is 0. The molecule has 10 heteroatoms. The molecule has 3 fully saturated rings. The van der Waals surface area contributed by atoms with Crippen LogP contribution in [0.3, 0.4) is 0 Å². The zero-order valence-corrected chi connectivity index (χ0v) is 16.6. The zero-order chi connectivity index (χ0) is 25.0. The van der Waals surface area contributed by atoms with Crippen LogP contribution in [0, 0.1) is 0 Å². The molecule has 0 saturated heterocycles. The maximum atomic E-state index is 13.5. The Kier molecular flexibility index (Phi) is 2.99. The molecule has 0 spiro atoms. The zero-order valence-electron chi connectivity index (χ0n) is 19.6. The largest absolute Gasteiger partial charge is 0.418 e. The molecule has 3 saturated carbocycles. The van der Waals surface area contributed by atoms with E-state index in [1.165, 1.54) is 41.1 Å². The van der Waals surface area contributed by atoms with Gasteiger partial charge in [-0.3, -0.25) is 9.13 Å². The van der Waals surface area contributed by atoms with Crippen molar-refractivity contribution in [2.45, 2.75) is 36.5 Å². The molecule has 1 aromatic carbocycles. The highest BCUT2D eigenvalue weighted by atomic mass is 19.4. The number of imidazole rings is 1. The third-order valence-electron chi connectivity index (χ3n) is 6.53. The summed E-state index contributed by atoms with van der Waals surface area (Å²) in [5.41, 5.74) is 4.08. The van der Waals surface area contributed by atoms with Crippen molar-refractivity contribution < 1.29 is 17.3 Å². The number of aryl methyl sites for hydroxylation is 1. The monoisotopic (exact) mass is 443 g/mol. The summed E-state index contributed by atoms with van der Waals surface area (Å²) < 4.78 is 66.1.